The van der Waals surface area contributed by atoms with Gasteiger partial charge < -0.3 is 15.5 Å². The fourth-order valence-corrected chi connectivity index (χ4v) is 4.74. The standard InChI is InChI=1S/C24H30ClN5O3/c1-3-12-29-22(32)20-13-19(21(31)26-14-16-8-10-17(25)11-9-16)28-30(20)15-24(29,2)23(33)27-18-6-4-5-7-18/h8-11,13,18H,3-7,12,14-15H2,1-2H3,(H,26,31)(H,27,33)/t24-/m1/s1. The Balaban J connectivity index is 1.53. The zero-order chi connectivity index (χ0) is 23.6. The Morgan fingerprint density at radius 3 is 2.58 bits per heavy atom. The van der Waals surface area contributed by atoms with Gasteiger partial charge in [0.1, 0.15) is 11.2 Å². The van der Waals surface area contributed by atoms with E-state index in [0.29, 0.717) is 23.8 Å². The lowest BCUT2D eigenvalue weighted by atomic mass is 9.94. The Morgan fingerprint density at radius 2 is 1.91 bits per heavy atom. The first kappa shape index (κ1) is 23.3. The molecule has 33 heavy (non-hydrogen) atoms. The number of benzene rings is 1. The highest BCUT2D eigenvalue weighted by Gasteiger charge is 2.48. The Bertz CT molecular complexity index is 1040. The van der Waals surface area contributed by atoms with Crippen LogP contribution in [0.1, 0.15) is 72.5 Å². The highest BCUT2D eigenvalue weighted by Crippen LogP contribution is 2.29. The van der Waals surface area contributed by atoms with Gasteiger partial charge in [-0.2, -0.15) is 5.10 Å². The normalized spacial score (nSPS) is 20.6. The number of rotatable bonds is 7. The molecule has 4 rings (SSSR count). The quantitative estimate of drug-likeness (QED) is 0.648. The lowest BCUT2D eigenvalue weighted by Gasteiger charge is -2.43. The van der Waals surface area contributed by atoms with E-state index in [1.54, 1.807) is 24.0 Å². The average molecular weight is 472 g/mol. The topological polar surface area (TPSA) is 96.3 Å². The molecular weight excluding hydrogens is 442 g/mol. The van der Waals surface area contributed by atoms with E-state index in [0.717, 1.165) is 37.7 Å². The molecule has 8 nitrogen and oxygen atoms in total. The van der Waals surface area contributed by atoms with Crippen molar-refractivity contribution in [3.8, 4) is 0 Å². The van der Waals surface area contributed by atoms with Crippen molar-refractivity contribution >= 4 is 29.3 Å². The van der Waals surface area contributed by atoms with Crippen molar-refractivity contribution in [1.82, 2.24) is 25.3 Å². The molecule has 2 aliphatic rings. The monoisotopic (exact) mass is 471 g/mol. The summed E-state index contributed by atoms with van der Waals surface area (Å²) in [5.41, 5.74) is 0.319. The summed E-state index contributed by atoms with van der Waals surface area (Å²) < 4.78 is 1.50. The van der Waals surface area contributed by atoms with Crippen molar-refractivity contribution < 1.29 is 14.4 Å². The minimum absolute atomic E-state index is 0.154. The van der Waals surface area contributed by atoms with E-state index < -0.39 is 5.54 Å². The number of nitrogens with one attached hydrogen (secondary N) is 2. The number of carbonyl (C=O) groups is 3. The molecule has 1 atom stereocenters. The van der Waals surface area contributed by atoms with Crippen LogP contribution in [-0.2, 0) is 17.9 Å². The molecular formula is C24H30ClN5O3. The van der Waals surface area contributed by atoms with E-state index in [9.17, 15) is 14.4 Å². The number of amides is 3. The molecule has 1 saturated carbocycles. The van der Waals surface area contributed by atoms with Crippen LogP contribution in [0, 0.1) is 0 Å². The summed E-state index contributed by atoms with van der Waals surface area (Å²) in [6.07, 6.45) is 4.87. The first-order chi connectivity index (χ1) is 15.8. The van der Waals surface area contributed by atoms with E-state index in [1.165, 1.54) is 10.7 Å². The Morgan fingerprint density at radius 1 is 1.21 bits per heavy atom. The van der Waals surface area contributed by atoms with Crippen molar-refractivity contribution in [2.45, 2.75) is 70.6 Å². The largest absolute Gasteiger partial charge is 0.351 e. The summed E-state index contributed by atoms with van der Waals surface area (Å²) in [6.45, 7) is 4.74. The zero-order valence-corrected chi connectivity index (χ0v) is 19.8. The highest BCUT2D eigenvalue weighted by atomic mass is 35.5. The van der Waals surface area contributed by atoms with Gasteiger partial charge in [-0.25, -0.2) is 0 Å². The molecule has 1 aliphatic carbocycles. The summed E-state index contributed by atoms with van der Waals surface area (Å²) in [4.78, 5) is 41.0. The molecule has 9 heteroatoms. The molecule has 0 saturated heterocycles. The van der Waals surface area contributed by atoms with Crippen LogP contribution in [0.5, 0.6) is 0 Å². The maximum absolute atomic E-state index is 13.4. The van der Waals surface area contributed by atoms with Crippen LogP contribution < -0.4 is 10.6 Å². The van der Waals surface area contributed by atoms with Crippen molar-refractivity contribution in [3.05, 3.63) is 52.3 Å². The van der Waals surface area contributed by atoms with Gasteiger partial charge in [-0.05, 0) is 43.9 Å². The first-order valence-corrected chi connectivity index (χ1v) is 11.9. The molecule has 3 amide bonds. The second-order valence-electron chi connectivity index (χ2n) is 9.07. The van der Waals surface area contributed by atoms with Crippen LogP contribution in [0.2, 0.25) is 5.02 Å². The van der Waals surface area contributed by atoms with Gasteiger partial charge in [0.2, 0.25) is 5.91 Å². The van der Waals surface area contributed by atoms with Gasteiger partial charge >= 0.3 is 0 Å². The smallest absolute Gasteiger partial charge is 0.273 e. The molecule has 176 valence electrons. The lowest BCUT2D eigenvalue weighted by Crippen LogP contribution is -2.65. The number of hydrogen-bond acceptors (Lipinski definition) is 4. The van der Waals surface area contributed by atoms with E-state index in [4.69, 9.17) is 11.6 Å². The van der Waals surface area contributed by atoms with Crippen molar-refractivity contribution in [2.24, 2.45) is 0 Å². The van der Waals surface area contributed by atoms with E-state index in [1.807, 2.05) is 19.1 Å². The van der Waals surface area contributed by atoms with Crippen LogP contribution in [0.4, 0.5) is 0 Å². The Labute approximate surface area is 198 Å². The second kappa shape index (κ2) is 9.55. The van der Waals surface area contributed by atoms with Gasteiger partial charge in [0.05, 0.1) is 6.54 Å². The minimum Gasteiger partial charge on any atom is -0.351 e. The van der Waals surface area contributed by atoms with Crippen LogP contribution >= 0.6 is 11.6 Å². The summed E-state index contributed by atoms with van der Waals surface area (Å²) in [5.74, 6) is -0.818. The third kappa shape index (κ3) is 4.76. The number of halogens is 1. The molecule has 1 aromatic carbocycles. The first-order valence-electron chi connectivity index (χ1n) is 11.5. The molecule has 0 unspecified atom stereocenters. The highest BCUT2D eigenvalue weighted by molar-refractivity contribution is 6.30. The third-order valence-electron chi connectivity index (χ3n) is 6.52. The predicted molar refractivity (Wildman–Crippen MR) is 125 cm³/mol. The molecule has 0 bridgehead atoms. The number of carbonyl (C=O) groups excluding carboxylic acids is 3. The molecule has 0 spiro atoms. The molecule has 2 heterocycles. The molecule has 1 aliphatic heterocycles. The molecule has 1 aromatic heterocycles. The number of nitrogens with zero attached hydrogens (tertiary/aromatic N) is 3. The van der Waals surface area contributed by atoms with Crippen LogP contribution in [0.15, 0.2) is 30.3 Å². The van der Waals surface area contributed by atoms with Gasteiger partial charge in [0.15, 0.2) is 5.69 Å². The third-order valence-corrected chi connectivity index (χ3v) is 6.78. The van der Waals surface area contributed by atoms with Gasteiger partial charge in [-0.15, -0.1) is 0 Å². The van der Waals surface area contributed by atoms with Crippen molar-refractivity contribution in [2.75, 3.05) is 6.54 Å². The van der Waals surface area contributed by atoms with E-state index in [-0.39, 0.29) is 36.0 Å². The lowest BCUT2D eigenvalue weighted by molar-refractivity contribution is -0.133. The van der Waals surface area contributed by atoms with Gasteiger partial charge in [0.25, 0.3) is 11.8 Å². The number of fused-ring (bicyclic) bond motifs is 1. The predicted octanol–water partition coefficient (Wildman–Crippen LogP) is 3.15. The molecule has 2 aromatic rings. The number of aromatic nitrogens is 2. The fourth-order valence-electron chi connectivity index (χ4n) is 4.61. The Hall–Kier alpha value is -2.87. The van der Waals surface area contributed by atoms with Crippen LogP contribution in [0.25, 0.3) is 0 Å². The van der Waals surface area contributed by atoms with Gasteiger partial charge in [-0.1, -0.05) is 43.5 Å². The van der Waals surface area contributed by atoms with Crippen molar-refractivity contribution in [3.63, 3.8) is 0 Å². The summed E-state index contributed by atoms with van der Waals surface area (Å²) in [7, 11) is 0. The molecule has 1 fully saturated rings. The molecule has 0 radical (unpaired) electrons. The van der Waals surface area contributed by atoms with Gasteiger partial charge in [0, 0.05) is 30.2 Å². The summed E-state index contributed by atoms with van der Waals surface area (Å²) in [6, 6.07) is 8.86. The minimum atomic E-state index is -1.06. The van der Waals surface area contributed by atoms with Crippen molar-refractivity contribution in [1.29, 1.82) is 0 Å². The zero-order valence-electron chi connectivity index (χ0n) is 19.1. The maximum Gasteiger partial charge on any atom is 0.273 e. The second-order valence-corrected chi connectivity index (χ2v) is 9.50. The summed E-state index contributed by atoms with van der Waals surface area (Å²) >= 11 is 5.90. The molecule has 2 N–H and O–H groups in total. The van der Waals surface area contributed by atoms with E-state index in [2.05, 4.69) is 15.7 Å². The van der Waals surface area contributed by atoms with Crippen LogP contribution in [-0.4, -0.2) is 50.5 Å². The van der Waals surface area contributed by atoms with Crippen LogP contribution in [0.3, 0.4) is 0 Å². The SMILES string of the molecule is CCCN1C(=O)c2cc(C(=O)NCc3ccc(Cl)cc3)nn2C[C@]1(C)C(=O)NC1CCCC1. The maximum atomic E-state index is 13.4. The fraction of sp³-hybridized carbons (Fsp3) is 0.500. The average Bonchev–Trinajstić information content (AvgIpc) is 3.46. The van der Waals surface area contributed by atoms with E-state index >= 15 is 0 Å². The number of hydrogen-bond donors (Lipinski definition) is 2. The van der Waals surface area contributed by atoms with Gasteiger partial charge in [-0.3, -0.25) is 19.1 Å². The summed E-state index contributed by atoms with van der Waals surface area (Å²) in [5, 5.41) is 11.0. The Kier molecular flexibility index (Phi) is 6.74.